The molecule has 1 nitrogen and oxygen atoms in total. The molecule has 1 aliphatic rings. The fourth-order valence-electron chi connectivity index (χ4n) is 2.64. The normalized spacial score (nSPS) is 21.3. The van der Waals surface area contributed by atoms with Crippen LogP contribution in [-0.4, -0.2) is 0 Å². The molecule has 0 N–H and O–H groups in total. The molecule has 0 amide bonds. The third-order valence-corrected chi connectivity index (χ3v) is 3.44. The first kappa shape index (κ1) is 9.02. The fourth-order valence-corrected chi connectivity index (χ4v) is 2.64. The third kappa shape index (κ3) is 1.46. The molecule has 0 bridgehead atoms. The van der Waals surface area contributed by atoms with E-state index < -0.39 is 0 Å². The molecule has 1 heteroatoms. The number of para-hydroxylation sites is 1. The molecule has 1 atom stereocenters. The van der Waals surface area contributed by atoms with Crippen molar-refractivity contribution in [1.29, 1.82) is 0 Å². The number of hydrogen-bond acceptors (Lipinski definition) is 1. The van der Waals surface area contributed by atoms with Gasteiger partial charge in [0.05, 0.1) is 0 Å². The second-order valence-electron chi connectivity index (χ2n) is 4.70. The first-order valence-corrected chi connectivity index (χ1v) is 5.84. The second kappa shape index (κ2) is 3.41. The van der Waals surface area contributed by atoms with Gasteiger partial charge in [-0.2, -0.15) is 0 Å². The highest BCUT2D eigenvalue weighted by Gasteiger charge is 2.19. The lowest BCUT2D eigenvalue weighted by Gasteiger charge is -2.05. The Kier molecular flexibility index (Phi) is 2.05. The minimum absolute atomic E-state index is 0.798. The second-order valence-corrected chi connectivity index (χ2v) is 4.70. The number of aryl methyl sites for hydroxylation is 1. The Labute approximate surface area is 90.1 Å². The van der Waals surface area contributed by atoms with Crippen LogP contribution in [0.2, 0.25) is 0 Å². The number of furan rings is 1. The summed E-state index contributed by atoms with van der Waals surface area (Å²) in [6.07, 6.45) is 4.91. The first-order chi connectivity index (χ1) is 7.34. The average molecular weight is 200 g/mol. The van der Waals surface area contributed by atoms with Crippen LogP contribution in [0.3, 0.4) is 0 Å². The van der Waals surface area contributed by atoms with Gasteiger partial charge in [-0.25, -0.2) is 0 Å². The molecule has 78 valence electrons. The quantitative estimate of drug-likeness (QED) is 0.587. The van der Waals surface area contributed by atoms with Gasteiger partial charge in [-0.15, -0.1) is 0 Å². The van der Waals surface area contributed by atoms with E-state index in [-0.39, 0.29) is 0 Å². The Morgan fingerprint density at radius 2 is 2.13 bits per heavy atom. The maximum absolute atomic E-state index is 5.92. The van der Waals surface area contributed by atoms with Crippen molar-refractivity contribution in [1.82, 2.24) is 0 Å². The first-order valence-electron chi connectivity index (χ1n) is 5.84. The number of fused-ring (bicyclic) bond motifs is 3. The van der Waals surface area contributed by atoms with Crippen LogP contribution in [0, 0.1) is 5.92 Å². The van der Waals surface area contributed by atoms with Crippen molar-refractivity contribution in [2.75, 3.05) is 0 Å². The topological polar surface area (TPSA) is 13.1 Å². The number of rotatable bonds is 0. The van der Waals surface area contributed by atoms with Crippen LogP contribution in [0.1, 0.15) is 31.1 Å². The summed E-state index contributed by atoms with van der Waals surface area (Å²) in [5, 5.41) is 1.33. The standard InChI is InChI=1S/C14H16O/c1-10-5-4-8-14-12(9-10)11-6-2-3-7-13(11)15-14/h2-3,6-7,10H,4-5,8-9H2,1H3. The molecule has 2 aromatic rings. The molecule has 0 saturated heterocycles. The van der Waals surface area contributed by atoms with E-state index >= 15 is 0 Å². The van der Waals surface area contributed by atoms with Crippen molar-refractivity contribution in [3.05, 3.63) is 35.6 Å². The van der Waals surface area contributed by atoms with Crippen LogP contribution in [0.4, 0.5) is 0 Å². The minimum Gasteiger partial charge on any atom is -0.461 e. The smallest absolute Gasteiger partial charge is 0.134 e. The number of benzene rings is 1. The monoisotopic (exact) mass is 200 g/mol. The van der Waals surface area contributed by atoms with Crippen LogP contribution in [0.5, 0.6) is 0 Å². The van der Waals surface area contributed by atoms with E-state index in [0.717, 1.165) is 17.9 Å². The summed E-state index contributed by atoms with van der Waals surface area (Å²) in [5.74, 6) is 2.04. The highest BCUT2D eigenvalue weighted by atomic mass is 16.3. The molecule has 1 heterocycles. The van der Waals surface area contributed by atoms with E-state index in [2.05, 4.69) is 31.2 Å². The van der Waals surface area contributed by atoms with E-state index in [1.165, 1.54) is 36.0 Å². The van der Waals surface area contributed by atoms with E-state index in [1.54, 1.807) is 0 Å². The summed E-state index contributed by atoms with van der Waals surface area (Å²) < 4.78 is 5.92. The summed E-state index contributed by atoms with van der Waals surface area (Å²) in [5.41, 5.74) is 2.53. The molecule has 1 aliphatic carbocycles. The maximum Gasteiger partial charge on any atom is 0.134 e. The Balaban J connectivity index is 2.20. The molecular weight excluding hydrogens is 184 g/mol. The maximum atomic E-state index is 5.92. The van der Waals surface area contributed by atoms with E-state index in [4.69, 9.17) is 4.42 Å². The summed E-state index contributed by atoms with van der Waals surface area (Å²) >= 11 is 0. The highest BCUT2D eigenvalue weighted by Crippen LogP contribution is 2.32. The van der Waals surface area contributed by atoms with Gasteiger partial charge < -0.3 is 4.42 Å². The minimum atomic E-state index is 0.798. The fraction of sp³-hybridized carbons (Fsp3) is 0.429. The molecule has 1 unspecified atom stereocenters. The SMILES string of the molecule is CC1CCCc2oc3ccccc3c2C1. The largest absolute Gasteiger partial charge is 0.461 e. The Morgan fingerprint density at radius 1 is 1.27 bits per heavy atom. The van der Waals surface area contributed by atoms with Gasteiger partial charge in [-0.1, -0.05) is 25.1 Å². The molecule has 0 spiro atoms. The van der Waals surface area contributed by atoms with Crippen LogP contribution in [0.15, 0.2) is 28.7 Å². The lowest BCUT2D eigenvalue weighted by Crippen LogP contribution is -1.96. The van der Waals surface area contributed by atoms with Crippen molar-refractivity contribution in [3.63, 3.8) is 0 Å². The van der Waals surface area contributed by atoms with Gasteiger partial charge in [0.2, 0.25) is 0 Å². The average Bonchev–Trinajstić information content (AvgIpc) is 2.47. The van der Waals surface area contributed by atoms with Gasteiger partial charge in [0, 0.05) is 17.4 Å². The highest BCUT2D eigenvalue weighted by molar-refractivity contribution is 5.82. The molecule has 0 radical (unpaired) electrons. The van der Waals surface area contributed by atoms with Gasteiger partial charge >= 0.3 is 0 Å². The van der Waals surface area contributed by atoms with Gasteiger partial charge in [0.15, 0.2) is 0 Å². The van der Waals surface area contributed by atoms with Crippen LogP contribution < -0.4 is 0 Å². The zero-order chi connectivity index (χ0) is 10.3. The van der Waals surface area contributed by atoms with Gasteiger partial charge in [-0.05, 0) is 31.2 Å². The summed E-state index contributed by atoms with van der Waals surface area (Å²) in [7, 11) is 0. The Bertz CT molecular complexity index is 481. The summed E-state index contributed by atoms with van der Waals surface area (Å²) in [6, 6.07) is 8.42. The molecule has 0 aliphatic heterocycles. The van der Waals surface area contributed by atoms with E-state index in [9.17, 15) is 0 Å². The van der Waals surface area contributed by atoms with Gasteiger partial charge in [0.1, 0.15) is 11.3 Å². The molecule has 3 rings (SSSR count). The predicted molar refractivity (Wildman–Crippen MR) is 62.0 cm³/mol. The Morgan fingerprint density at radius 3 is 3.07 bits per heavy atom. The lowest BCUT2D eigenvalue weighted by molar-refractivity contribution is 0.512. The van der Waals surface area contributed by atoms with Crippen molar-refractivity contribution >= 4 is 11.0 Å². The van der Waals surface area contributed by atoms with Crippen LogP contribution >= 0.6 is 0 Å². The van der Waals surface area contributed by atoms with E-state index in [1.807, 2.05) is 0 Å². The van der Waals surface area contributed by atoms with Crippen molar-refractivity contribution < 1.29 is 4.42 Å². The lowest BCUT2D eigenvalue weighted by atomic mass is 9.99. The van der Waals surface area contributed by atoms with Crippen molar-refractivity contribution in [3.8, 4) is 0 Å². The summed E-state index contributed by atoms with van der Waals surface area (Å²) in [4.78, 5) is 0. The molecule has 0 fully saturated rings. The van der Waals surface area contributed by atoms with Crippen molar-refractivity contribution in [2.45, 2.75) is 32.6 Å². The van der Waals surface area contributed by atoms with Crippen LogP contribution in [0.25, 0.3) is 11.0 Å². The predicted octanol–water partition coefficient (Wildman–Crippen LogP) is 3.95. The molecule has 1 aromatic carbocycles. The van der Waals surface area contributed by atoms with Crippen LogP contribution in [-0.2, 0) is 12.8 Å². The summed E-state index contributed by atoms with van der Waals surface area (Å²) in [6.45, 7) is 2.34. The van der Waals surface area contributed by atoms with Crippen molar-refractivity contribution in [2.24, 2.45) is 5.92 Å². The third-order valence-electron chi connectivity index (χ3n) is 3.44. The number of hydrogen-bond donors (Lipinski definition) is 0. The molecule has 1 aromatic heterocycles. The molecule has 15 heavy (non-hydrogen) atoms. The van der Waals surface area contributed by atoms with E-state index in [0.29, 0.717) is 0 Å². The molecule has 0 saturated carbocycles. The Hall–Kier alpha value is -1.24. The zero-order valence-electron chi connectivity index (χ0n) is 9.12. The zero-order valence-corrected chi connectivity index (χ0v) is 9.12. The van der Waals surface area contributed by atoms with Gasteiger partial charge in [-0.3, -0.25) is 0 Å². The van der Waals surface area contributed by atoms with Gasteiger partial charge in [0.25, 0.3) is 0 Å². The molecular formula is C14H16O.